The van der Waals surface area contributed by atoms with Gasteiger partial charge in [-0.1, -0.05) is 49.4 Å². The molecule has 2 nitrogen and oxygen atoms in total. The summed E-state index contributed by atoms with van der Waals surface area (Å²) in [6.45, 7) is 6.02. The third-order valence-electron chi connectivity index (χ3n) is 2.91. The molecule has 0 aliphatic carbocycles. The molecule has 0 radical (unpaired) electrons. The van der Waals surface area contributed by atoms with Crippen LogP contribution in [0.4, 0.5) is 0 Å². The maximum Gasteiger partial charge on any atom is 0.169 e. The van der Waals surface area contributed by atoms with Crippen molar-refractivity contribution >= 4 is 12.2 Å². The van der Waals surface area contributed by atoms with E-state index in [4.69, 9.17) is 9.47 Å². The van der Waals surface area contributed by atoms with Crippen molar-refractivity contribution in [3.8, 4) is 11.5 Å². The first-order chi connectivity index (χ1) is 9.25. The Balaban J connectivity index is 1.74. The molecular weight excluding hydrogens is 235 g/mol. The topological polar surface area (TPSA) is 18.5 Å². The fraction of sp³-hybridized carbons (Fsp3) is 0.250. The molecule has 2 rings (SSSR count). The summed E-state index contributed by atoms with van der Waals surface area (Å²) in [5.41, 5.74) is 1.33. The Morgan fingerprint density at radius 3 is 1.79 bits per heavy atom. The van der Waals surface area contributed by atoms with E-state index in [2.05, 4.69) is 25.8 Å². The summed E-state index contributed by atoms with van der Waals surface area (Å²) in [6, 6.07) is 18.0. The highest BCUT2D eigenvalue weighted by Crippen LogP contribution is 2.10. The molecule has 0 saturated heterocycles. The second-order valence-electron chi connectivity index (χ2n) is 4.73. The van der Waals surface area contributed by atoms with Crippen LogP contribution in [0, 0.1) is 0 Å². The predicted molar refractivity (Wildman–Crippen MR) is 81.0 cm³/mol. The Labute approximate surface area is 115 Å². The second kappa shape index (κ2) is 6.88. The number of hydrogen-bond donors (Lipinski definition) is 0. The molecule has 0 spiro atoms. The minimum absolute atomic E-state index is 0.551. The minimum Gasteiger partial charge on any atom is -0.490 e. The summed E-state index contributed by atoms with van der Waals surface area (Å²) in [5.74, 6) is 1.77. The van der Waals surface area contributed by atoms with E-state index in [0.717, 1.165) is 11.5 Å². The van der Waals surface area contributed by atoms with E-state index in [1.807, 2.05) is 42.5 Å². The van der Waals surface area contributed by atoms with Crippen molar-refractivity contribution in [3.05, 3.63) is 54.6 Å². The molecular formula is C16H19BO2. The summed E-state index contributed by atoms with van der Waals surface area (Å²) >= 11 is 0. The van der Waals surface area contributed by atoms with Gasteiger partial charge in [0.05, 0.1) is 0 Å². The Morgan fingerprint density at radius 2 is 1.26 bits per heavy atom. The van der Waals surface area contributed by atoms with Crippen molar-refractivity contribution in [2.24, 2.45) is 0 Å². The molecule has 0 saturated carbocycles. The highest BCUT2D eigenvalue weighted by molar-refractivity contribution is 6.70. The maximum atomic E-state index is 5.64. The van der Waals surface area contributed by atoms with Crippen molar-refractivity contribution in [2.45, 2.75) is 13.6 Å². The summed E-state index contributed by atoms with van der Waals surface area (Å²) < 4.78 is 11.2. The van der Waals surface area contributed by atoms with Gasteiger partial charge in [0.15, 0.2) is 6.71 Å². The third kappa shape index (κ3) is 4.36. The summed E-state index contributed by atoms with van der Waals surface area (Å²) in [5, 5.41) is 0. The Morgan fingerprint density at radius 1 is 0.737 bits per heavy atom. The smallest absolute Gasteiger partial charge is 0.169 e. The van der Waals surface area contributed by atoms with Gasteiger partial charge in [-0.15, -0.1) is 0 Å². The lowest BCUT2D eigenvalue weighted by molar-refractivity contribution is 0.217. The molecule has 0 atom stereocenters. The lowest BCUT2D eigenvalue weighted by atomic mass is 9.49. The molecule has 0 amide bonds. The first kappa shape index (κ1) is 13.5. The minimum atomic E-state index is 0.551. The van der Waals surface area contributed by atoms with Crippen molar-refractivity contribution in [1.29, 1.82) is 0 Å². The van der Waals surface area contributed by atoms with Crippen LogP contribution >= 0.6 is 0 Å². The van der Waals surface area contributed by atoms with Gasteiger partial charge in [-0.2, -0.15) is 0 Å². The van der Waals surface area contributed by atoms with Crippen LogP contribution in [0.25, 0.3) is 0 Å². The van der Waals surface area contributed by atoms with Gasteiger partial charge in [0.25, 0.3) is 0 Å². The van der Waals surface area contributed by atoms with Crippen LogP contribution in [0.3, 0.4) is 0 Å². The van der Waals surface area contributed by atoms with Crippen LogP contribution in [0.2, 0.25) is 13.6 Å². The van der Waals surface area contributed by atoms with Crippen LogP contribution in [-0.2, 0) is 0 Å². The first-order valence-corrected chi connectivity index (χ1v) is 6.66. The second-order valence-corrected chi connectivity index (χ2v) is 4.73. The summed E-state index contributed by atoms with van der Waals surface area (Å²) in [4.78, 5) is 0. The monoisotopic (exact) mass is 254 g/mol. The van der Waals surface area contributed by atoms with Crippen molar-refractivity contribution in [2.75, 3.05) is 13.2 Å². The van der Waals surface area contributed by atoms with Gasteiger partial charge in [-0.25, -0.2) is 0 Å². The Hall–Kier alpha value is -1.90. The number of hydrogen-bond acceptors (Lipinski definition) is 2. The SMILES string of the molecule is CB(C)c1ccc(OCCOc2ccccc2)cc1. The zero-order valence-electron chi connectivity index (χ0n) is 11.5. The normalized spacial score (nSPS) is 10.0. The molecule has 0 unspecified atom stereocenters. The van der Waals surface area contributed by atoms with Crippen LogP contribution < -0.4 is 14.9 Å². The van der Waals surface area contributed by atoms with Crippen LogP contribution in [0.5, 0.6) is 11.5 Å². The Bertz CT molecular complexity index is 480. The van der Waals surface area contributed by atoms with Crippen LogP contribution in [0.1, 0.15) is 0 Å². The fourth-order valence-electron chi connectivity index (χ4n) is 1.78. The van der Waals surface area contributed by atoms with E-state index >= 15 is 0 Å². The van der Waals surface area contributed by atoms with Crippen molar-refractivity contribution < 1.29 is 9.47 Å². The third-order valence-corrected chi connectivity index (χ3v) is 2.91. The molecule has 0 aliphatic heterocycles. The van der Waals surface area contributed by atoms with Gasteiger partial charge in [-0.3, -0.25) is 0 Å². The zero-order chi connectivity index (χ0) is 13.5. The molecule has 2 aromatic rings. The number of rotatable bonds is 6. The summed E-state index contributed by atoms with van der Waals surface area (Å²) in [7, 11) is 0. The van der Waals surface area contributed by atoms with Crippen molar-refractivity contribution in [1.82, 2.24) is 0 Å². The van der Waals surface area contributed by atoms with E-state index in [1.165, 1.54) is 5.46 Å². The molecule has 0 heterocycles. The standard InChI is InChI=1S/C16H19BO2/c1-17(2)14-8-10-16(11-9-14)19-13-12-18-15-6-4-3-5-7-15/h3-11H,12-13H2,1-2H3. The molecule has 3 heteroatoms. The maximum absolute atomic E-state index is 5.64. The number of ether oxygens (including phenoxy) is 2. The zero-order valence-corrected chi connectivity index (χ0v) is 11.5. The quantitative estimate of drug-likeness (QED) is 0.582. The highest BCUT2D eigenvalue weighted by atomic mass is 16.5. The van der Waals surface area contributed by atoms with Crippen LogP contribution in [-0.4, -0.2) is 19.9 Å². The molecule has 0 fully saturated rings. The fourth-order valence-corrected chi connectivity index (χ4v) is 1.78. The Kier molecular flexibility index (Phi) is 4.90. The number of benzene rings is 2. The predicted octanol–water partition coefficient (Wildman–Crippen LogP) is 3.11. The molecule has 19 heavy (non-hydrogen) atoms. The molecule has 0 aromatic heterocycles. The van der Waals surface area contributed by atoms with E-state index in [-0.39, 0.29) is 0 Å². The van der Waals surface area contributed by atoms with Gasteiger partial charge in [0.2, 0.25) is 0 Å². The lowest BCUT2D eigenvalue weighted by Crippen LogP contribution is -2.21. The van der Waals surface area contributed by atoms with Crippen LogP contribution in [0.15, 0.2) is 54.6 Å². The molecule has 0 aliphatic rings. The first-order valence-electron chi connectivity index (χ1n) is 6.66. The average molecular weight is 254 g/mol. The van der Waals surface area contributed by atoms with Gasteiger partial charge >= 0.3 is 0 Å². The summed E-state index contributed by atoms with van der Waals surface area (Å²) in [6.07, 6.45) is 0. The van der Waals surface area contributed by atoms with E-state index < -0.39 is 0 Å². The van der Waals surface area contributed by atoms with E-state index in [1.54, 1.807) is 0 Å². The van der Waals surface area contributed by atoms with Gasteiger partial charge in [-0.05, 0) is 24.3 Å². The number of para-hydroxylation sites is 1. The molecule has 2 aromatic carbocycles. The van der Waals surface area contributed by atoms with E-state index in [9.17, 15) is 0 Å². The average Bonchev–Trinajstić information content (AvgIpc) is 2.45. The van der Waals surface area contributed by atoms with E-state index in [0.29, 0.717) is 19.9 Å². The van der Waals surface area contributed by atoms with Gasteiger partial charge in [0, 0.05) is 0 Å². The largest absolute Gasteiger partial charge is 0.490 e. The molecule has 0 bridgehead atoms. The highest BCUT2D eigenvalue weighted by Gasteiger charge is 2.02. The molecule has 0 N–H and O–H groups in total. The lowest BCUT2D eigenvalue weighted by Gasteiger charge is -2.09. The van der Waals surface area contributed by atoms with Gasteiger partial charge in [0.1, 0.15) is 24.7 Å². The van der Waals surface area contributed by atoms with Crippen molar-refractivity contribution in [3.63, 3.8) is 0 Å². The van der Waals surface area contributed by atoms with Gasteiger partial charge < -0.3 is 9.47 Å². The molecule has 98 valence electrons.